The number of aliphatic hydroxyl groups is 1. The summed E-state index contributed by atoms with van der Waals surface area (Å²) in [7, 11) is 0. The molecule has 0 saturated carbocycles. The monoisotopic (exact) mass is 1320 g/mol. The molecule has 4 heterocycles. The van der Waals surface area contributed by atoms with Crippen LogP contribution in [0.25, 0.3) is 21.1 Å². The molecule has 390 valence electrons. The Bertz CT molecular complexity index is 2780. The van der Waals surface area contributed by atoms with Gasteiger partial charge in [0.1, 0.15) is 28.2 Å². The van der Waals surface area contributed by atoms with E-state index in [0.29, 0.717) is 73.1 Å². The molecule has 0 amide bonds. The van der Waals surface area contributed by atoms with Crippen molar-refractivity contribution < 1.29 is 214 Å². The second-order valence-electron chi connectivity index (χ2n) is 15.9. The molecule has 4 aromatic carbocycles. The summed E-state index contributed by atoms with van der Waals surface area (Å²) in [6.07, 6.45) is -3.56. The number of hydrogen-bond donors (Lipinski definition) is 1. The Labute approximate surface area is 556 Å². The van der Waals surface area contributed by atoms with Crippen LogP contribution >= 0.6 is 22.7 Å². The van der Waals surface area contributed by atoms with Gasteiger partial charge in [0.15, 0.2) is 12.6 Å². The molecule has 13 nitrogen and oxygen atoms in total. The molecule has 0 radical (unpaired) electrons. The van der Waals surface area contributed by atoms with Gasteiger partial charge in [0, 0.05) is 24.3 Å². The third kappa shape index (κ3) is 22.1. The summed E-state index contributed by atoms with van der Waals surface area (Å²) in [5, 5.41) is 36.6. The number of ether oxygens (including phenoxy) is 5. The largest absolute Gasteiger partial charge is 1.00 e. The molecule has 0 bridgehead atoms. The summed E-state index contributed by atoms with van der Waals surface area (Å²) in [6, 6.07) is 23.2. The molecule has 24 heteroatoms. The molecule has 1 N–H and O–H groups in total. The van der Waals surface area contributed by atoms with Crippen molar-refractivity contribution in [2.24, 2.45) is 0 Å². The molecule has 2 fully saturated rings. The van der Waals surface area contributed by atoms with Crippen LogP contribution in [0.4, 0.5) is 30.7 Å². The zero-order chi connectivity index (χ0) is 53.0. The van der Waals surface area contributed by atoms with Crippen LogP contribution in [0.5, 0.6) is 5.75 Å². The van der Waals surface area contributed by atoms with Gasteiger partial charge in [-0.15, -0.1) is 22.7 Å². The van der Waals surface area contributed by atoms with Crippen LogP contribution in [0.1, 0.15) is 94.5 Å². The third-order valence-corrected chi connectivity index (χ3v) is 13.0. The topological polar surface area (TPSA) is 189 Å². The fourth-order valence-corrected chi connectivity index (χ4v) is 8.77. The van der Waals surface area contributed by atoms with Gasteiger partial charge in [-0.3, -0.25) is 4.79 Å². The summed E-state index contributed by atoms with van der Waals surface area (Å²) in [6.45, 7) is 5.14. The van der Waals surface area contributed by atoms with E-state index in [9.17, 15) is 35.8 Å². The average Bonchev–Trinajstić information content (AvgIpc) is 4.01. The van der Waals surface area contributed by atoms with Crippen molar-refractivity contribution in [1.29, 1.82) is 10.5 Å². The van der Waals surface area contributed by atoms with E-state index in [1.54, 1.807) is 25.1 Å². The molecule has 2 aliphatic heterocycles. The van der Waals surface area contributed by atoms with E-state index < -0.39 is 23.5 Å². The van der Waals surface area contributed by atoms with Crippen LogP contribution in [-0.4, -0.2) is 47.3 Å². The maximum atomic E-state index is 12.9. The van der Waals surface area contributed by atoms with Crippen LogP contribution < -0.4 is 148 Å². The van der Waals surface area contributed by atoms with Gasteiger partial charge >= 0.3 is 150 Å². The van der Waals surface area contributed by atoms with Crippen LogP contribution in [0.15, 0.2) is 84.9 Å². The number of nitrogens with zero attached hydrogens (tertiary/aromatic N) is 4. The van der Waals surface area contributed by atoms with Gasteiger partial charge in [-0.05, 0) is 124 Å². The average molecular weight is 1320 g/mol. The predicted molar refractivity (Wildman–Crippen MR) is 252 cm³/mol. The number of aliphatic hydroxyl groups excluding tert-OH is 1. The quantitative estimate of drug-likeness (QED) is 0.0656. The van der Waals surface area contributed by atoms with Crippen LogP contribution in [0.2, 0.25) is 0 Å². The van der Waals surface area contributed by atoms with E-state index >= 15 is 0 Å². The van der Waals surface area contributed by atoms with E-state index in [2.05, 4.69) is 20.9 Å². The minimum absolute atomic E-state index is 0. The summed E-state index contributed by atoms with van der Waals surface area (Å²) in [4.78, 5) is 21.8. The zero-order valence-corrected chi connectivity index (χ0v) is 55.5. The van der Waals surface area contributed by atoms with Crippen LogP contribution in [0.3, 0.4) is 0 Å². The van der Waals surface area contributed by atoms with Crippen molar-refractivity contribution in [3.63, 3.8) is 0 Å². The molecule has 2 unspecified atom stereocenters. The number of carbonyl (C=O) groups excluding carboxylic acids is 1. The minimum Gasteiger partial charge on any atom is -1.00 e. The molecule has 2 saturated heterocycles. The number of carbonyl (C=O) groups is 1. The standard InChI is InChI=1S/C25H23F3N2O3S.C17H18F3NO3S.C8H6FN.CH2O3.2Cs.H/c1-16-12-20(10-7-18(16)13-29)32-15-22-21(14-33-23-4-2-3-11-31-23)30-24(34-22)17-5-8-19(9-6-17)25(26,27)28;18-17(19,20)12-6-4-11(5-7-12)16-21-13(14(9-22)25-16)10-24-15-3-1-2-8-23-15;1-6-4-8(9)3-2-7(6)5-10;2-1-4-3;;;/h5-10,12,23H,2-4,11,14-15H2,1H3;4-7,15,22H,1-3,8-10H2;2-4H,1H3;1,3H;;;/q;;;;2*+1;-1/p-1. The molecule has 8 rings (SSSR count). The maximum absolute atomic E-state index is 12.9. The summed E-state index contributed by atoms with van der Waals surface area (Å²) in [5.74, 6) is 0.319. The first-order chi connectivity index (χ1) is 35.0. The van der Waals surface area contributed by atoms with Crippen molar-refractivity contribution in [3.05, 3.63) is 145 Å². The van der Waals surface area contributed by atoms with Gasteiger partial charge in [-0.25, -0.2) is 14.4 Å². The number of thiazole rings is 2. The predicted octanol–water partition coefficient (Wildman–Crippen LogP) is 5.56. The molecule has 0 aliphatic carbocycles. The molecule has 75 heavy (non-hydrogen) atoms. The smallest absolute Gasteiger partial charge is 1.00 e. The van der Waals surface area contributed by atoms with Crippen molar-refractivity contribution in [3.8, 4) is 39.0 Å². The Kier molecular flexibility index (Phi) is 30.4. The number of hydrogen-bond acceptors (Lipinski definition) is 15. The number of halogens is 7. The number of alkyl halides is 6. The van der Waals surface area contributed by atoms with E-state index in [4.69, 9.17) is 44.3 Å². The Morgan fingerprint density at radius 1 is 0.707 bits per heavy atom. The van der Waals surface area contributed by atoms with Gasteiger partial charge in [-0.1, -0.05) is 24.3 Å². The normalized spacial score (nSPS) is 15.0. The van der Waals surface area contributed by atoms with E-state index in [1.165, 1.54) is 65.1 Å². The van der Waals surface area contributed by atoms with Crippen molar-refractivity contribution in [2.45, 2.75) is 104 Å². The number of rotatable bonds is 13. The Hall–Kier alpha value is -2.24. The summed E-state index contributed by atoms with van der Waals surface area (Å²) >= 11 is 2.60. The number of aromatic nitrogens is 2. The van der Waals surface area contributed by atoms with Crippen LogP contribution in [0, 0.1) is 42.3 Å². The Morgan fingerprint density at radius 3 is 1.53 bits per heavy atom. The zero-order valence-electron chi connectivity index (χ0n) is 42.3. The van der Waals surface area contributed by atoms with Gasteiger partial charge in [0.05, 0.1) is 75.4 Å². The third-order valence-electron chi connectivity index (χ3n) is 10.7. The van der Waals surface area contributed by atoms with Gasteiger partial charge in [0.25, 0.3) is 6.47 Å². The molecule has 0 spiro atoms. The van der Waals surface area contributed by atoms with Gasteiger partial charge in [0.2, 0.25) is 0 Å². The van der Waals surface area contributed by atoms with Gasteiger partial charge < -0.3 is 40.4 Å². The number of benzene rings is 4. The molecule has 6 aromatic rings. The summed E-state index contributed by atoms with van der Waals surface area (Å²) < 4.78 is 118. The number of nitriles is 2. The molecular weight excluding hydrogens is 1280 g/mol. The minimum atomic E-state index is -4.39. The maximum Gasteiger partial charge on any atom is 1.00 e. The molecule has 2 atom stereocenters. The second-order valence-corrected chi connectivity index (χ2v) is 18.1. The first-order valence-corrected chi connectivity index (χ1v) is 24.0. The SMILES string of the molecule is Cc1cc(F)ccc1C#N.Cc1cc(OCc2sc(-c3ccc(C(F)(F)F)cc3)nc2COC2CCCCO2)ccc1C#N.O=CO[O-].OCc1sc(-c2ccc(C(F)(F)F)cc2)nc1COC1CCCCO1.[Cs+].[Cs+].[H-]. The van der Waals surface area contributed by atoms with E-state index in [-0.39, 0.29) is 191 Å². The second kappa shape index (κ2) is 34.0. The first-order valence-electron chi connectivity index (χ1n) is 22.4. The Balaban J connectivity index is 0.000000412. The van der Waals surface area contributed by atoms with E-state index in [1.807, 2.05) is 13.0 Å². The van der Waals surface area contributed by atoms with Crippen molar-refractivity contribution >= 4 is 29.1 Å². The van der Waals surface area contributed by atoms with Gasteiger partial charge in [-0.2, -0.15) is 36.9 Å². The molecule has 2 aliphatic rings. The molecule has 2 aromatic heterocycles. The number of aryl methyl sites for hydroxylation is 2. The fourth-order valence-electron chi connectivity index (χ4n) is 6.86. The summed E-state index contributed by atoms with van der Waals surface area (Å²) in [5.41, 5.74) is 3.63. The fraction of sp³-hybridized carbons (Fsp3) is 0.353. The van der Waals surface area contributed by atoms with Crippen molar-refractivity contribution in [1.82, 2.24) is 9.97 Å². The van der Waals surface area contributed by atoms with Crippen molar-refractivity contribution in [2.75, 3.05) is 13.2 Å². The van der Waals surface area contributed by atoms with Crippen LogP contribution in [-0.2, 0) is 67.4 Å². The first kappa shape index (κ1) is 67.0. The van der Waals surface area contributed by atoms with E-state index in [0.717, 1.165) is 73.2 Å². The molecular formula is C51H49Cs2F7N4O9S2. The Morgan fingerprint density at radius 2 is 1.15 bits per heavy atom.